The molecule has 0 amide bonds. The highest BCUT2D eigenvalue weighted by atomic mass is 19.1. The second kappa shape index (κ2) is 8.06. The van der Waals surface area contributed by atoms with Crippen molar-refractivity contribution in [2.75, 3.05) is 7.11 Å². The summed E-state index contributed by atoms with van der Waals surface area (Å²) in [6, 6.07) is 11.2. The summed E-state index contributed by atoms with van der Waals surface area (Å²) >= 11 is 0. The monoisotopic (exact) mass is 421 g/mol. The van der Waals surface area contributed by atoms with Crippen molar-refractivity contribution in [2.45, 2.75) is 19.4 Å². The molecule has 0 unspecified atom stereocenters. The molecule has 0 saturated heterocycles. The molecule has 0 aliphatic carbocycles. The van der Waals surface area contributed by atoms with Gasteiger partial charge in [0.05, 0.1) is 25.1 Å². The lowest BCUT2D eigenvalue weighted by atomic mass is 9.83. The minimum Gasteiger partial charge on any atom is -0.465 e. The van der Waals surface area contributed by atoms with E-state index < -0.39 is 23.3 Å². The molecule has 0 fully saturated rings. The number of halogens is 1. The van der Waals surface area contributed by atoms with Crippen LogP contribution in [0.4, 0.5) is 4.39 Å². The second-order valence-corrected chi connectivity index (χ2v) is 7.14. The molecule has 3 heterocycles. The largest absolute Gasteiger partial charge is 0.465 e. The molecule has 2 N–H and O–H groups in total. The van der Waals surface area contributed by atoms with Gasteiger partial charge >= 0.3 is 5.97 Å². The Hall–Kier alpha value is -3.94. The quantitative estimate of drug-likeness (QED) is 0.651. The highest BCUT2D eigenvalue weighted by Crippen LogP contribution is 2.42. The standard InChI is InChI=1S/C23H20FN3O4/c1-13-10-17-19(22(28)27(13)12-14-6-5-9-26-11-14)18(15-7-3-4-8-16(15)24)20(21(25)31-17)23(29)30-2/h3-11,18H,12,25H2,1-2H3/t18-/m0/s1. The summed E-state index contributed by atoms with van der Waals surface area (Å²) in [6.45, 7) is 2.01. The molecule has 1 atom stereocenters. The zero-order valence-corrected chi connectivity index (χ0v) is 17.0. The topological polar surface area (TPSA) is 96.4 Å². The Morgan fingerprint density at radius 2 is 2.06 bits per heavy atom. The van der Waals surface area contributed by atoms with Crippen molar-refractivity contribution in [1.29, 1.82) is 0 Å². The van der Waals surface area contributed by atoms with Crippen LogP contribution in [0, 0.1) is 12.7 Å². The highest BCUT2D eigenvalue weighted by Gasteiger charge is 2.39. The molecule has 7 nitrogen and oxygen atoms in total. The fourth-order valence-corrected chi connectivity index (χ4v) is 3.79. The van der Waals surface area contributed by atoms with E-state index in [2.05, 4.69) is 4.98 Å². The van der Waals surface area contributed by atoms with Crippen LogP contribution >= 0.6 is 0 Å². The maximum absolute atomic E-state index is 14.8. The number of benzene rings is 1. The van der Waals surface area contributed by atoms with Gasteiger partial charge in [0.1, 0.15) is 17.1 Å². The number of hydrogen-bond acceptors (Lipinski definition) is 6. The molecule has 4 rings (SSSR count). The first-order valence-electron chi connectivity index (χ1n) is 9.55. The number of esters is 1. The predicted molar refractivity (Wildman–Crippen MR) is 111 cm³/mol. The van der Waals surface area contributed by atoms with E-state index in [1.54, 1.807) is 37.5 Å². The summed E-state index contributed by atoms with van der Waals surface area (Å²) in [5.41, 5.74) is 7.18. The molecule has 1 aromatic carbocycles. The van der Waals surface area contributed by atoms with Gasteiger partial charge < -0.3 is 19.8 Å². The number of aryl methyl sites for hydroxylation is 1. The number of fused-ring (bicyclic) bond motifs is 1. The van der Waals surface area contributed by atoms with E-state index in [4.69, 9.17) is 15.2 Å². The number of pyridine rings is 2. The van der Waals surface area contributed by atoms with E-state index in [1.165, 1.54) is 29.9 Å². The number of carbonyl (C=O) groups is 1. The third kappa shape index (κ3) is 3.56. The number of rotatable bonds is 4. The van der Waals surface area contributed by atoms with E-state index in [9.17, 15) is 14.0 Å². The van der Waals surface area contributed by atoms with Crippen LogP contribution in [0.5, 0.6) is 5.75 Å². The zero-order chi connectivity index (χ0) is 22.1. The van der Waals surface area contributed by atoms with Crippen molar-refractivity contribution in [3.05, 3.63) is 105 Å². The summed E-state index contributed by atoms with van der Waals surface area (Å²) in [4.78, 5) is 30.3. The molecule has 8 heteroatoms. The Kier molecular flexibility index (Phi) is 5.29. The number of carbonyl (C=O) groups excluding carboxylic acids is 1. The minimum atomic E-state index is -1.08. The number of hydrogen-bond donors (Lipinski definition) is 1. The van der Waals surface area contributed by atoms with Crippen molar-refractivity contribution >= 4 is 5.97 Å². The smallest absolute Gasteiger partial charge is 0.340 e. The van der Waals surface area contributed by atoms with Crippen molar-refractivity contribution < 1.29 is 18.7 Å². The first kappa shape index (κ1) is 20.3. The summed E-state index contributed by atoms with van der Waals surface area (Å²) in [5, 5.41) is 0. The highest BCUT2D eigenvalue weighted by molar-refractivity contribution is 5.92. The van der Waals surface area contributed by atoms with Crippen LogP contribution in [0.1, 0.15) is 28.3 Å². The molecule has 0 spiro atoms. The number of nitrogens with two attached hydrogens (primary N) is 1. The van der Waals surface area contributed by atoms with Crippen molar-refractivity contribution in [3.8, 4) is 5.75 Å². The normalized spacial score (nSPS) is 15.3. The van der Waals surface area contributed by atoms with Crippen LogP contribution in [0.15, 0.2) is 71.1 Å². The Labute approximate surface area is 177 Å². The van der Waals surface area contributed by atoms with Gasteiger partial charge in [0.25, 0.3) is 5.56 Å². The van der Waals surface area contributed by atoms with Crippen LogP contribution < -0.4 is 16.0 Å². The van der Waals surface area contributed by atoms with E-state index in [0.29, 0.717) is 5.69 Å². The first-order valence-corrected chi connectivity index (χ1v) is 9.55. The van der Waals surface area contributed by atoms with E-state index in [-0.39, 0.29) is 34.9 Å². The molecule has 2 aromatic heterocycles. The van der Waals surface area contributed by atoms with Gasteiger partial charge in [0.2, 0.25) is 5.88 Å². The zero-order valence-electron chi connectivity index (χ0n) is 17.0. The molecule has 0 bridgehead atoms. The average Bonchev–Trinajstić information content (AvgIpc) is 2.76. The lowest BCUT2D eigenvalue weighted by molar-refractivity contribution is -0.136. The van der Waals surface area contributed by atoms with Crippen LogP contribution in [-0.4, -0.2) is 22.6 Å². The van der Waals surface area contributed by atoms with Crippen LogP contribution in [-0.2, 0) is 16.1 Å². The van der Waals surface area contributed by atoms with Crippen molar-refractivity contribution in [3.63, 3.8) is 0 Å². The Bertz CT molecular complexity index is 1250. The molecule has 3 aromatic rings. The van der Waals surface area contributed by atoms with Gasteiger partial charge in [-0.05, 0) is 24.6 Å². The number of ether oxygens (including phenoxy) is 2. The van der Waals surface area contributed by atoms with Crippen molar-refractivity contribution in [2.24, 2.45) is 5.73 Å². The fourth-order valence-electron chi connectivity index (χ4n) is 3.79. The molecule has 0 saturated carbocycles. The number of methoxy groups -OCH3 is 1. The lowest BCUT2D eigenvalue weighted by Crippen LogP contribution is -2.35. The van der Waals surface area contributed by atoms with Gasteiger partial charge in [-0.1, -0.05) is 24.3 Å². The fraction of sp³-hybridized carbons (Fsp3) is 0.174. The maximum Gasteiger partial charge on any atom is 0.340 e. The molecular formula is C23H20FN3O4. The summed E-state index contributed by atoms with van der Waals surface area (Å²) < 4.78 is 26.8. The van der Waals surface area contributed by atoms with E-state index >= 15 is 0 Å². The van der Waals surface area contributed by atoms with Gasteiger partial charge in [-0.2, -0.15) is 0 Å². The lowest BCUT2D eigenvalue weighted by Gasteiger charge is -2.29. The van der Waals surface area contributed by atoms with Gasteiger partial charge in [-0.3, -0.25) is 9.78 Å². The number of nitrogens with zero attached hydrogens (tertiary/aromatic N) is 2. The Morgan fingerprint density at radius 1 is 1.29 bits per heavy atom. The molecule has 1 aliphatic heterocycles. The predicted octanol–water partition coefficient (Wildman–Crippen LogP) is 2.61. The molecule has 31 heavy (non-hydrogen) atoms. The van der Waals surface area contributed by atoms with Crippen LogP contribution in [0.2, 0.25) is 0 Å². The molecule has 0 radical (unpaired) electrons. The van der Waals surface area contributed by atoms with Gasteiger partial charge in [0.15, 0.2) is 0 Å². The third-order valence-corrected chi connectivity index (χ3v) is 5.25. The van der Waals surface area contributed by atoms with Gasteiger partial charge in [-0.25, -0.2) is 9.18 Å². The Morgan fingerprint density at radius 3 is 2.74 bits per heavy atom. The number of aromatic nitrogens is 2. The average molecular weight is 421 g/mol. The third-order valence-electron chi connectivity index (χ3n) is 5.25. The van der Waals surface area contributed by atoms with Crippen LogP contribution in [0.3, 0.4) is 0 Å². The van der Waals surface area contributed by atoms with Crippen LogP contribution in [0.25, 0.3) is 0 Å². The molecule has 158 valence electrons. The second-order valence-electron chi connectivity index (χ2n) is 7.14. The minimum absolute atomic E-state index is 0.117. The van der Waals surface area contributed by atoms with E-state index in [0.717, 1.165) is 5.56 Å². The first-order chi connectivity index (χ1) is 14.9. The van der Waals surface area contributed by atoms with E-state index in [1.807, 2.05) is 6.07 Å². The van der Waals surface area contributed by atoms with Gasteiger partial charge in [-0.15, -0.1) is 0 Å². The maximum atomic E-state index is 14.8. The summed E-state index contributed by atoms with van der Waals surface area (Å²) in [7, 11) is 1.19. The SMILES string of the molecule is COC(=O)C1=C(N)Oc2cc(C)n(Cc3cccnc3)c(=O)c2[C@@H]1c1ccccc1F. The summed E-state index contributed by atoms with van der Waals surface area (Å²) in [6.07, 6.45) is 3.30. The molecule has 1 aliphatic rings. The Balaban J connectivity index is 1.97. The van der Waals surface area contributed by atoms with Crippen molar-refractivity contribution in [1.82, 2.24) is 9.55 Å². The molecular weight excluding hydrogens is 401 g/mol. The van der Waals surface area contributed by atoms with Gasteiger partial charge in [0, 0.05) is 29.7 Å². The summed E-state index contributed by atoms with van der Waals surface area (Å²) in [5.74, 6) is -2.49.